The van der Waals surface area contributed by atoms with Crippen LogP contribution in [0.25, 0.3) is 0 Å². The fourth-order valence-electron chi connectivity index (χ4n) is 2.28. The predicted molar refractivity (Wildman–Crippen MR) is 92.7 cm³/mol. The average molecular weight is 350 g/mol. The minimum atomic E-state index is -2.90. The number of nitrogens with zero attached hydrogens (tertiary/aromatic N) is 1. The van der Waals surface area contributed by atoms with Gasteiger partial charge in [-0.3, -0.25) is 4.99 Å². The molecule has 0 bridgehead atoms. The first-order valence-electron chi connectivity index (χ1n) is 7.78. The number of phenolic OH excluding ortho intramolecular Hbond substituents is 1. The van der Waals surface area contributed by atoms with Gasteiger partial charge < -0.3 is 10.8 Å². The average Bonchev–Trinajstić information content (AvgIpc) is 2.51. The minimum absolute atomic E-state index is 0.0495. The van der Waals surface area contributed by atoms with Crippen molar-refractivity contribution in [2.75, 3.05) is 0 Å². The number of amidine groups is 1. The highest BCUT2D eigenvalue weighted by atomic mass is 19.3. The highest BCUT2D eigenvalue weighted by Gasteiger charge is 2.23. The number of phenols is 1. The molecule has 0 saturated carbocycles. The quantitative estimate of drug-likeness (QED) is 0.611. The van der Waals surface area contributed by atoms with E-state index in [1.807, 2.05) is 0 Å². The molecule has 0 unspecified atom stereocenters. The van der Waals surface area contributed by atoms with E-state index in [0.29, 0.717) is 11.1 Å². The van der Waals surface area contributed by atoms with E-state index in [1.54, 1.807) is 12.1 Å². The summed E-state index contributed by atoms with van der Waals surface area (Å²) < 4.78 is 40.4. The van der Waals surface area contributed by atoms with Crippen molar-refractivity contribution in [3.05, 3.63) is 64.7 Å². The molecule has 0 aromatic heterocycles. The zero-order valence-electron chi connectivity index (χ0n) is 14.4. The van der Waals surface area contributed by atoms with Crippen molar-refractivity contribution in [1.29, 1.82) is 0 Å². The highest BCUT2D eigenvalue weighted by Crippen LogP contribution is 2.29. The van der Waals surface area contributed by atoms with E-state index in [2.05, 4.69) is 4.99 Å². The van der Waals surface area contributed by atoms with Gasteiger partial charge in [-0.25, -0.2) is 13.2 Å². The van der Waals surface area contributed by atoms with Crippen LogP contribution < -0.4 is 5.73 Å². The second kappa shape index (κ2) is 6.78. The molecule has 6 heteroatoms. The number of alkyl halides is 3. The van der Waals surface area contributed by atoms with Crippen molar-refractivity contribution in [3.63, 3.8) is 0 Å². The van der Waals surface area contributed by atoms with Gasteiger partial charge in [-0.05, 0) is 37.1 Å². The normalized spacial score (nSPS) is 13.1. The van der Waals surface area contributed by atoms with E-state index in [1.165, 1.54) is 44.2 Å². The minimum Gasteiger partial charge on any atom is -0.507 e. The summed E-state index contributed by atoms with van der Waals surface area (Å²) in [6.45, 7) is 3.80. The molecule has 2 aromatic carbocycles. The van der Waals surface area contributed by atoms with E-state index in [9.17, 15) is 18.3 Å². The maximum absolute atomic E-state index is 14.1. The Morgan fingerprint density at radius 2 is 1.56 bits per heavy atom. The molecule has 2 aromatic rings. The maximum Gasteiger partial charge on any atom is 0.270 e. The largest absolute Gasteiger partial charge is 0.507 e. The summed E-state index contributed by atoms with van der Waals surface area (Å²) in [6.07, 6.45) is 0. The van der Waals surface area contributed by atoms with Gasteiger partial charge >= 0.3 is 0 Å². The summed E-state index contributed by atoms with van der Waals surface area (Å²) in [7, 11) is 0. The van der Waals surface area contributed by atoms with Crippen LogP contribution in [0.5, 0.6) is 5.75 Å². The number of rotatable bonds is 5. The lowest BCUT2D eigenvalue weighted by molar-refractivity contribution is 0.0174. The van der Waals surface area contributed by atoms with Crippen LogP contribution in [-0.4, -0.2) is 10.9 Å². The van der Waals surface area contributed by atoms with Crippen LogP contribution in [-0.2, 0) is 18.1 Å². The monoisotopic (exact) mass is 350 g/mol. The molecule has 0 spiro atoms. The van der Waals surface area contributed by atoms with Crippen LogP contribution in [0.3, 0.4) is 0 Å². The van der Waals surface area contributed by atoms with Gasteiger partial charge in [0.1, 0.15) is 17.3 Å². The smallest absolute Gasteiger partial charge is 0.270 e. The van der Waals surface area contributed by atoms with Crippen molar-refractivity contribution < 1.29 is 18.3 Å². The Labute approximate surface area is 145 Å². The Bertz CT molecular complexity index is 773. The number of halogens is 3. The third-order valence-corrected chi connectivity index (χ3v) is 3.85. The summed E-state index contributed by atoms with van der Waals surface area (Å²) in [6, 6.07) is 10.1. The Balaban J connectivity index is 2.22. The number of hydrogen-bond acceptors (Lipinski definition) is 2. The molecular weight excluding hydrogens is 329 g/mol. The van der Waals surface area contributed by atoms with E-state index in [-0.39, 0.29) is 29.3 Å². The second-order valence-corrected chi connectivity index (χ2v) is 6.49. The molecule has 0 atom stereocenters. The predicted octanol–water partition coefficient (Wildman–Crippen LogP) is 4.61. The molecule has 3 nitrogen and oxygen atoms in total. The van der Waals surface area contributed by atoms with Crippen LogP contribution >= 0.6 is 0 Å². The first-order valence-corrected chi connectivity index (χ1v) is 7.78. The molecular formula is C19H21F3N2O. The molecule has 0 aliphatic rings. The highest BCUT2D eigenvalue weighted by molar-refractivity contribution is 6.00. The number of hydrogen-bond donors (Lipinski definition) is 2. The van der Waals surface area contributed by atoms with Crippen LogP contribution in [0.2, 0.25) is 0 Å². The van der Waals surface area contributed by atoms with E-state index >= 15 is 0 Å². The van der Waals surface area contributed by atoms with E-state index in [4.69, 9.17) is 5.73 Å². The SMILES string of the molecule is CC(C)(F)c1ccc(O)c(C(N)=NCc2ccc(C(C)(F)F)cc2)c1. The lowest BCUT2D eigenvalue weighted by atomic mass is 9.97. The molecule has 0 saturated heterocycles. The number of benzene rings is 2. The van der Waals surface area contributed by atoms with Gasteiger partial charge in [0.05, 0.1) is 12.1 Å². The lowest BCUT2D eigenvalue weighted by Crippen LogP contribution is -2.16. The van der Waals surface area contributed by atoms with Gasteiger partial charge in [0.2, 0.25) is 0 Å². The molecule has 3 N–H and O–H groups in total. The number of aliphatic imine (C=N–C) groups is 1. The summed E-state index contributed by atoms with van der Waals surface area (Å²) in [5.41, 5.74) is 5.54. The topological polar surface area (TPSA) is 58.6 Å². The van der Waals surface area contributed by atoms with Crippen molar-refractivity contribution in [2.24, 2.45) is 10.7 Å². The first-order chi connectivity index (χ1) is 11.5. The Morgan fingerprint density at radius 3 is 2.08 bits per heavy atom. The Hall–Kier alpha value is -2.50. The summed E-state index contributed by atoms with van der Waals surface area (Å²) in [5, 5.41) is 9.93. The standard InChI is InChI=1S/C19H21F3N2O/c1-18(2,20)14-8-9-16(25)15(10-14)17(23)24-11-12-4-6-13(7-5-12)19(3,21)22/h4-10,25H,11H2,1-3H3,(H2,23,24). The van der Waals surface area contributed by atoms with Crippen molar-refractivity contribution in [2.45, 2.75) is 38.9 Å². The van der Waals surface area contributed by atoms with E-state index < -0.39 is 11.6 Å². The molecule has 0 amide bonds. The molecule has 25 heavy (non-hydrogen) atoms. The maximum atomic E-state index is 14.1. The van der Waals surface area contributed by atoms with Crippen molar-refractivity contribution in [1.82, 2.24) is 0 Å². The van der Waals surface area contributed by atoms with Crippen LogP contribution in [0, 0.1) is 0 Å². The molecule has 0 aliphatic heterocycles. The van der Waals surface area contributed by atoms with Crippen molar-refractivity contribution >= 4 is 5.84 Å². The first kappa shape index (κ1) is 18.8. The third-order valence-electron chi connectivity index (χ3n) is 3.85. The fourth-order valence-corrected chi connectivity index (χ4v) is 2.28. The van der Waals surface area contributed by atoms with Crippen LogP contribution in [0.1, 0.15) is 43.0 Å². The van der Waals surface area contributed by atoms with Crippen LogP contribution in [0.15, 0.2) is 47.5 Å². The molecule has 0 fully saturated rings. The van der Waals surface area contributed by atoms with Crippen LogP contribution in [0.4, 0.5) is 13.2 Å². The summed E-state index contributed by atoms with van der Waals surface area (Å²) in [4.78, 5) is 4.16. The van der Waals surface area contributed by atoms with Gasteiger partial charge in [-0.2, -0.15) is 0 Å². The number of nitrogens with two attached hydrogens (primary N) is 1. The van der Waals surface area contributed by atoms with Gasteiger partial charge in [-0.1, -0.05) is 30.3 Å². The van der Waals surface area contributed by atoms with E-state index in [0.717, 1.165) is 6.92 Å². The van der Waals surface area contributed by atoms with Gasteiger partial charge in [0, 0.05) is 12.5 Å². The zero-order valence-corrected chi connectivity index (χ0v) is 14.4. The van der Waals surface area contributed by atoms with Gasteiger partial charge in [0.15, 0.2) is 0 Å². The molecule has 2 rings (SSSR count). The van der Waals surface area contributed by atoms with Crippen molar-refractivity contribution in [3.8, 4) is 5.75 Å². The lowest BCUT2D eigenvalue weighted by Gasteiger charge is -2.16. The zero-order chi connectivity index (χ0) is 18.8. The Kier molecular flexibility index (Phi) is 5.11. The summed E-state index contributed by atoms with van der Waals surface area (Å²) >= 11 is 0. The molecule has 0 heterocycles. The third kappa shape index (κ3) is 4.75. The molecule has 0 aliphatic carbocycles. The second-order valence-electron chi connectivity index (χ2n) is 6.49. The van der Waals surface area contributed by atoms with Gasteiger partial charge in [0.25, 0.3) is 5.92 Å². The van der Waals surface area contributed by atoms with Gasteiger partial charge in [-0.15, -0.1) is 0 Å². The summed E-state index contributed by atoms with van der Waals surface area (Å²) in [5.74, 6) is -2.95. The molecule has 0 radical (unpaired) electrons. The fraction of sp³-hybridized carbons (Fsp3) is 0.316. The molecule has 134 valence electrons. The Morgan fingerprint density at radius 1 is 1.00 bits per heavy atom. The number of aromatic hydroxyl groups is 1.